The van der Waals surface area contributed by atoms with Crippen molar-refractivity contribution in [1.82, 2.24) is 0 Å². The Morgan fingerprint density at radius 2 is 2.11 bits per heavy atom. The molecular formula is C13H19ClN2O3. The van der Waals surface area contributed by atoms with E-state index >= 15 is 0 Å². The predicted molar refractivity (Wildman–Crippen MR) is 76.8 cm³/mol. The zero-order chi connectivity index (χ0) is 13.0. The molecule has 0 aliphatic carbocycles. The van der Waals surface area contributed by atoms with Gasteiger partial charge in [-0.1, -0.05) is 0 Å². The van der Waals surface area contributed by atoms with Crippen LogP contribution in [0.4, 0.5) is 11.4 Å². The fourth-order valence-corrected chi connectivity index (χ4v) is 1.97. The summed E-state index contributed by atoms with van der Waals surface area (Å²) in [4.78, 5) is 12.1. The van der Waals surface area contributed by atoms with Crippen LogP contribution in [0.15, 0.2) is 18.2 Å². The summed E-state index contributed by atoms with van der Waals surface area (Å²) in [5.74, 6) is 0.675. The fraction of sp³-hybridized carbons (Fsp3) is 0.462. The molecular weight excluding hydrogens is 268 g/mol. The second-order valence-corrected chi connectivity index (χ2v) is 4.33. The first-order chi connectivity index (χ1) is 8.70. The summed E-state index contributed by atoms with van der Waals surface area (Å²) in [6, 6.07) is 5.21. The van der Waals surface area contributed by atoms with Gasteiger partial charge in [-0.15, -0.1) is 12.4 Å². The van der Waals surface area contributed by atoms with Crippen molar-refractivity contribution in [2.24, 2.45) is 5.92 Å². The van der Waals surface area contributed by atoms with Gasteiger partial charge in [-0.2, -0.15) is 0 Å². The molecule has 1 aromatic carbocycles. The van der Waals surface area contributed by atoms with Gasteiger partial charge >= 0.3 is 0 Å². The molecule has 1 aliphatic heterocycles. The first-order valence-electron chi connectivity index (χ1n) is 6.03. The molecule has 0 aromatic heterocycles. The zero-order valence-electron chi connectivity index (χ0n) is 10.8. The van der Waals surface area contributed by atoms with Gasteiger partial charge < -0.3 is 20.5 Å². The minimum absolute atomic E-state index is 0. The lowest BCUT2D eigenvalue weighted by molar-refractivity contribution is -0.122. The highest BCUT2D eigenvalue weighted by Gasteiger charge is 2.22. The molecule has 1 aliphatic rings. The van der Waals surface area contributed by atoms with Gasteiger partial charge in [0.15, 0.2) is 0 Å². The molecule has 0 unspecified atom stereocenters. The highest BCUT2D eigenvalue weighted by atomic mass is 35.5. The van der Waals surface area contributed by atoms with Gasteiger partial charge in [0.25, 0.3) is 0 Å². The monoisotopic (exact) mass is 286 g/mol. The molecule has 5 nitrogen and oxygen atoms in total. The van der Waals surface area contributed by atoms with E-state index in [2.05, 4.69) is 5.32 Å². The quantitative estimate of drug-likeness (QED) is 0.834. The van der Waals surface area contributed by atoms with Crippen LogP contribution < -0.4 is 15.8 Å². The zero-order valence-corrected chi connectivity index (χ0v) is 11.7. The number of ether oxygens (including phenoxy) is 2. The van der Waals surface area contributed by atoms with Crippen molar-refractivity contribution < 1.29 is 14.3 Å². The molecule has 3 N–H and O–H groups in total. The minimum atomic E-state index is -0.00162. The lowest BCUT2D eigenvalue weighted by Gasteiger charge is -2.21. The summed E-state index contributed by atoms with van der Waals surface area (Å²) in [7, 11) is 1.58. The fourth-order valence-electron chi connectivity index (χ4n) is 1.97. The van der Waals surface area contributed by atoms with Gasteiger partial charge in [0.1, 0.15) is 5.75 Å². The molecule has 2 rings (SSSR count). The van der Waals surface area contributed by atoms with Crippen molar-refractivity contribution in [3.05, 3.63) is 18.2 Å². The van der Waals surface area contributed by atoms with E-state index in [1.807, 2.05) is 0 Å². The highest BCUT2D eigenvalue weighted by Crippen LogP contribution is 2.26. The number of hydrogen-bond donors (Lipinski definition) is 2. The number of nitrogens with one attached hydrogen (secondary N) is 1. The molecule has 0 bridgehead atoms. The Balaban J connectivity index is 0.00000180. The van der Waals surface area contributed by atoms with Crippen molar-refractivity contribution in [3.63, 3.8) is 0 Å². The predicted octanol–water partition coefficient (Wildman–Crippen LogP) is 2.06. The van der Waals surface area contributed by atoms with Crippen LogP contribution in [-0.2, 0) is 9.53 Å². The van der Waals surface area contributed by atoms with Gasteiger partial charge in [-0.05, 0) is 25.0 Å². The summed E-state index contributed by atoms with van der Waals surface area (Å²) >= 11 is 0. The number of carbonyl (C=O) groups is 1. The summed E-state index contributed by atoms with van der Waals surface area (Å²) in [6.45, 7) is 1.29. The molecule has 1 saturated heterocycles. The number of rotatable bonds is 3. The van der Waals surface area contributed by atoms with Crippen molar-refractivity contribution in [1.29, 1.82) is 0 Å². The lowest BCUT2D eigenvalue weighted by Crippen LogP contribution is -2.28. The van der Waals surface area contributed by atoms with Crippen molar-refractivity contribution in [3.8, 4) is 5.75 Å². The van der Waals surface area contributed by atoms with Crippen molar-refractivity contribution in [2.75, 3.05) is 31.4 Å². The van der Waals surface area contributed by atoms with Crippen LogP contribution in [0.5, 0.6) is 5.75 Å². The Morgan fingerprint density at radius 3 is 2.74 bits per heavy atom. The van der Waals surface area contributed by atoms with E-state index in [1.54, 1.807) is 25.3 Å². The third kappa shape index (κ3) is 4.01. The van der Waals surface area contributed by atoms with E-state index in [0.717, 1.165) is 12.8 Å². The van der Waals surface area contributed by atoms with Gasteiger partial charge in [-0.25, -0.2) is 0 Å². The average molecular weight is 287 g/mol. The molecule has 6 heteroatoms. The second-order valence-electron chi connectivity index (χ2n) is 4.33. The lowest BCUT2D eigenvalue weighted by atomic mass is 9.99. The molecule has 0 atom stereocenters. The van der Waals surface area contributed by atoms with Crippen LogP contribution in [-0.4, -0.2) is 26.2 Å². The number of halogens is 1. The summed E-state index contributed by atoms with van der Waals surface area (Å²) in [5.41, 5.74) is 6.97. The Morgan fingerprint density at radius 1 is 1.42 bits per heavy atom. The largest absolute Gasteiger partial charge is 0.497 e. The molecule has 0 spiro atoms. The number of anilines is 2. The van der Waals surface area contributed by atoms with Crippen LogP contribution in [0.3, 0.4) is 0 Å². The van der Waals surface area contributed by atoms with Gasteiger partial charge in [0, 0.05) is 25.2 Å². The topological polar surface area (TPSA) is 73.6 Å². The van der Waals surface area contributed by atoms with Crippen LogP contribution in [0.1, 0.15) is 12.8 Å². The van der Waals surface area contributed by atoms with E-state index in [0.29, 0.717) is 30.3 Å². The Labute approximate surface area is 118 Å². The van der Waals surface area contributed by atoms with Crippen LogP contribution in [0, 0.1) is 5.92 Å². The van der Waals surface area contributed by atoms with Crippen LogP contribution >= 0.6 is 12.4 Å². The molecule has 0 saturated carbocycles. The van der Waals surface area contributed by atoms with Gasteiger partial charge in [-0.3, -0.25) is 4.79 Å². The first kappa shape index (κ1) is 15.6. The molecule has 1 amide bonds. The van der Waals surface area contributed by atoms with E-state index in [1.165, 1.54) is 0 Å². The molecule has 106 valence electrons. The van der Waals surface area contributed by atoms with E-state index < -0.39 is 0 Å². The van der Waals surface area contributed by atoms with Crippen LogP contribution in [0.2, 0.25) is 0 Å². The van der Waals surface area contributed by atoms with Crippen LogP contribution in [0.25, 0.3) is 0 Å². The van der Waals surface area contributed by atoms with Gasteiger partial charge in [0.05, 0.1) is 18.5 Å². The Hall–Kier alpha value is -1.46. The van der Waals surface area contributed by atoms with E-state index in [-0.39, 0.29) is 24.2 Å². The summed E-state index contributed by atoms with van der Waals surface area (Å²) in [6.07, 6.45) is 1.52. The smallest absolute Gasteiger partial charge is 0.227 e. The number of hydrogen-bond acceptors (Lipinski definition) is 4. The minimum Gasteiger partial charge on any atom is -0.497 e. The Kier molecular flexibility index (Phi) is 5.92. The maximum atomic E-state index is 12.1. The number of nitrogens with two attached hydrogens (primary N) is 1. The molecule has 1 fully saturated rings. The SMILES string of the molecule is COc1ccc(N)c(NC(=O)C2CCOCC2)c1.Cl. The molecule has 1 aromatic rings. The average Bonchev–Trinajstić information content (AvgIpc) is 2.42. The number of amides is 1. The number of benzene rings is 1. The van der Waals surface area contributed by atoms with E-state index in [9.17, 15) is 4.79 Å². The standard InChI is InChI=1S/C13H18N2O3.ClH/c1-17-10-2-3-11(14)12(8-10)15-13(16)9-4-6-18-7-5-9;/h2-3,8-9H,4-7,14H2,1H3,(H,15,16);1H. The third-order valence-corrected chi connectivity index (χ3v) is 3.11. The van der Waals surface area contributed by atoms with E-state index in [4.69, 9.17) is 15.2 Å². The highest BCUT2D eigenvalue weighted by molar-refractivity contribution is 5.95. The maximum absolute atomic E-state index is 12.1. The number of carbonyl (C=O) groups excluding carboxylic acids is 1. The normalized spacial score (nSPS) is 15.4. The summed E-state index contributed by atoms with van der Waals surface area (Å²) < 4.78 is 10.3. The number of nitrogen functional groups attached to an aromatic ring is 1. The Bertz CT molecular complexity index is 434. The first-order valence-corrected chi connectivity index (χ1v) is 6.03. The maximum Gasteiger partial charge on any atom is 0.227 e. The molecule has 1 heterocycles. The number of methoxy groups -OCH3 is 1. The molecule has 0 radical (unpaired) electrons. The molecule has 19 heavy (non-hydrogen) atoms. The summed E-state index contributed by atoms with van der Waals surface area (Å²) in [5, 5.41) is 2.86. The van der Waals surface area contributed by atoms with Crippen molar-refractivity contribution in [2.45, 2.75) is 12.8 Å². The van der Waals surface area contributed by atoms with Gasteiger partial charge in [0.2, 0.25) is 5.91 Å². The van der Waals surface area contributed by atoms with Crippen molar-refractivity contribution >= 4 is 29.7 Å². The second kappa shape index (κ2) is 7.21. The third-order valence-electron chi connectivity index (χ3n) is 3.11.